The van der Waals surface area contributed by atoms with E-state index in [1.165, 1.54) is 6.20 Å². The van der Waals surface area contributed by atoms with Gasteiger partial charge in [0.15, 0.2) is 5.82 Å². The highest BCUT2D eigenvalue weighted by atomic mass is 32.1. The number of carboxylic acids is 1. The molecule has 0 aliphatic carbocycles. The van der Waals surface area contributed by atoms with E-state index in [1.54, 1.807) is 11.3 Å². The molecule has 0 fully saturated rings. The number of aromatic carboxylic acids is 1. The van der Waals surface area contributed by atoms with Gasteiger partial charge in [0.25, 0.3) is 0 Å². The van der Waals surface area contributed by atoms with Crippen LogP contribution in [0.2, 0.25) is 0 Å². The first kappa shape index (κ1) is 12.7. The normalized spacial score (nSPS) is 10.6. The zero-order valence-electron chi connectivity index (χ0n) is 10.3. The van der Waals surface area contributed by atoms with Crippen molar-refractivity contribution in [3.63, 3.8) is 0 Å². The van der Waals surface area contributed by atoms with Gasteiger partial charge in [0, 0.05) is 17.1 Å². The zero-order valence-corrected chi connectivity index (χ0v) is 11.1. The number of carboxylic acid groups (broad SMARTS) is 1. The van der Waals surface area contributed by atoms with Crippen molar-refractivity contribution in [2.75, 3.05) is 0 Å². The number of rotatable bonds is 4. The fourth-order valence-corrected chi connectivity index (χ4v) is 2.57. The second kappa shape index (κ2) is 5.27. The molecule has 18 heavy (non-hydrogen) atoms. The lowest BCUT2D eigenvalue weighted by Gasteiger charge is -2.06. The lowest BCUT2D eigenvalue weighted by Crippen LogP contribution is -2.07. The summed E-state index contributed by atoms with van der Waals surface area (Å²) in [5.74, 6) is -0.353. The summed E-state index contributed by atoms with van der Waals surface area (Å²) in [5, 5.41) is 13.1. The second-order valence-electron chi connectivity index (χ2n) is 4.08. The molecule has 0 bridgehead atoms. The smallest absolute Gasteiger partial charge is 0.339 e. The van der Waals surface area contributed by atoms with E-state index in [4.69, 9.17) is 5.11 Å². The molecule has 5 heteroatoms. The quantitative estimate of drug-likeness (QED) is 0.919. The standard InChI is InChI=1S/C13H14N2O2S/c1-3-4-11-9(13(16)17)5-14-12(15-11)10-7-18-6-8(10)2/h5-7H,3-4H2,1-2H3,(H,16,17). The Balaban J connectivity index is 2.49. The summed E-state index contributed by atoms with van der Waals surface area (Å²) in [4.78, 5) is 19.6. The fourth-order valence-electron chi connectivity index (χ4n) is 1.74. The maximum absolute atomic E-state index is 11.1. The second-order valence-corrected chi connectivity index (χ2v) is 4.82. The number of thiophene rings is 1. The van der Waals surface area contributed by atoms with Crippen LogP contribution < -0.4 is 0 Å². The molecule has 0 aromatic carbocycles. The van der Waals surface area contributed by atoms with E-state index in [9.17, 15) is 4.79 Å². The van der Waals surface area contributed by atoms with Crippen molar-refractivity contribution < 1.29 is 9.90 Å². The van der Waals surface area contributed by atoms with Crippen molar-refractivity contribution in [2.24, 2.45) is 0 Å². The SMILES string of the molecule is CCCc1nc(-c2cscc2C)ncc1C(=O)O. The third-order valence-corrected chi connectivity index (χ3v) is 3.54. The van der Waals surface area contributed by atoms with Crippen LogP contribution >= 0.6 is 11.3 Å². The Morgan fingerprint density at radius 3 is 2.78 bits per heavy atom. The van der Waals surface area contributed by atoms with Gasteiger partial charge in [-0.15, -0.1) is 0 Å². The van der Waals surface area contributed by atoms with Crippen molar-refractivity contribution in [3.8, 4) is 11.4 Å². The number of carbonyl (C=O) groups is 1. The molecule has 0 aliphatic heterocycles. The molecule has 0 unspecified atom stereocenters. The van der Waals surface area contributed by atoms with Crippen molar-refractivity contribution in [3.05, 3.63) is 33.8 Å². The topological polar surface area (TPSA) is 63.1 Å². The molecule has 0 aliphatic rings. The minimum absolute atomic E-state index is 0.202. The first-order valence-electron chi connectivity index (χ1n) is 5.75. The van der Waals surface area contributed by atoms with Gasteiger partial charge in [-0.1, -0.05) is 13.3 Å². The average molecular weight is 262 g/mol. The fraction of sp³-hybridized carbons (Fsp3) is 0.308. The number of aromatic nitrogens is 2. The van der Waals surface area contributed by atoms with Crippen LogP contribution in [0.25, 0.3) is 11.4 Å². The summed E-state index contributed by atoms with van der Waals surface area (Å²) in [5.41, 5.74) is 2.91. The Labute approximate surface area is 109 Å². The Kier molecular flexibility index (Phi) is 3.72. The third-order valence-electron chi connectivity index (χ3n) is 2.68. The van der Waals surface area contributed by atoms with Crippen LogP contribution in [0.4, 0.5) is 0 Å². The first-order valence-corrected chi connectivity index (χ1v) is 6.70. The van der Waals surface area contributed by atoms with Gasteiger partial charge < -0.3 is 5.11 Å². The molecule has 0 atom stereocenters. The van der Waals surface area contributed by atoms with E-state index < -0.39 is 5.97 Å². The van der Waals surface area contributed by atoms with Crippen LogP contribution in [0.1, 0.15) is 35.0 Å². The number of aryl methyl sites for hydroxylation is 2. The van der Waals surface area contributed by atoms with E-state index in [1.807, 2.05) is 24.6 Å². The predicted molar refractivity (Wildman–Crippen MR) is 71.0 cm³/mol. The summed E-state index contributed by atoms with van der Waals surface area (Å²) in [6.07, 6.45) is 2.92. The summed E-state index contributed by atoms with van der Waals surface area (Å²) in [6, 6.07) is 0. The molecule has 0 radical (unpaired) electrons. The Morgan fingerprint density at radius 1 is 1.44 bits per heavy atom. The molecule has 0 spiro atoms. The third kappa shape index (κ3) is 2.41. The van der Waals surface area contributed by atoms with Gasteiger partial charge in [-0.3, -0.25) is 0 Å². The molecule has 0 saturated heterocycles. The largest absolute Gasteiger partial charge is 0.478 e. The molecule has 4 nitrogen and oxygen atoms in total. The van der Waals surface area contributed by atoms with E-state index in [2.05, 4.69) is 9.97 Å². The van der Waals surface area contributed by atoms with Gasteiger partial charge in [0.05, 0.1) is 11.3 Å². The zero-order chi connectivity index (χ0) is 13.1. The molecular formula is C13H14N2O2S. The van der Waals surface area contributed by atoms with Crippen LogP contribution in [0.3, 0.4) is 0 Å². The van der Waals surface area contributed by atoms with Gasteiger partial charge in [-0.2, -0.15) is 11.3 Å². The molecule has 2 heterocycles. The van der Waals surface area contributed by atoms with Gasteiger partial charge >= 0.3 is 5.97 Å². The van der Waals surface area contributed by atoms with Crippen molar-refractivity contribution >= 4 is 17.3 Å². The van der Waals surface area contributed by atoms with Crippen LogP contribution in [-0.4, -0.2) is 21.0 Å². The van der Waals surface area contributed by atoms with Crippen molar-refractivity contribution in [2.45, 2.75) is 26.7 Å². The molecule has 0 amide bonds. The Morgan fingerprint density at radius 2 is 2.22 bits per heavy atom. The maximum Gasteiger partial charge on any atom is 0.339 e. The van der Waals surface area contributed by atoms with Gasteiger partial charge in [0.2, 0.25) is 0 Å². The highest BCUT2D eigenvalue weighted by molar-refractivity contribution is 7.08. The van der Waals surface area contributed by atoms with E-state index >= 15 is 0 Å². The maximum atomic E-state index is 11.1. The molecule has 2 aromatic heterocycles. The molecular weight excluding hydrogens is 248 g/mol. The Bertz CT molecular complexity index is 578. The molecule has 2 rings (SSSR count). The van der Waals surface area contributed by atoms with Crippen molar-refractivity contribution in [1.29, 1.82) is 0 Å². The van der Waals surface area contributed by atoms with Crippen LogP contribution in [0, 0.1) is 6.92 Å². The van der Waals surface area contributed by atoms with Gasteiger partial charge in [-0.05, 0) is 24.3 Å². The minimum atomic E-state index is -0.966. The summed E-state index contributed by atoms with van der Waals surface area (Å²) < 4.78 is 0. The van der Waals surface area contributed by atoms with E-state index in [0.717, 1.165) is 17.5 Å². The van der Waals surface area contributed by atoms with Crippen LogP contribution in [-0.2, 0) is 6.42 Å². The highest BCUT2D eigenvalue weighted by Gasteiger charge is 2.14. The monoisotopic (exact) mass is 262 g/mol. The molecule has 94 valence electrons. The van der Waals surface area contributed by atoms with Gasteiger partial charge in [0.1, 0.15) is 0 Å². The van der Waals surface area contributed by atoms with Crippen LogP contribution in [0.15, 0.2) is 17.0 Å². The van der Waals surface area contributed by atoms with Crippen molar-refractivity contribution in [1.82, 2.24) is 9.97 Å². The molecule has 0 saturated carbocycles. The summed E-state index contributed by atoms with van der Waals surface area (Å²) >= 11 is 1.59. The van der Waals surface area contributed by atoms with Crippen LogP contribution in [0.5, 0.6) is 0 Å². The van der Waals surface area contributed by atoms with E-state index in [-0.39, 0.29) is 5.56 Å². The summed E-state index contributed by atoms with van der Waals surface area (Å²) in [6.45, 7) is 4.00. The lowest BCUT2D eigenvalue weighted by molar-refractivity contribution is 0.0694. The summed E-state index contributed by atoms with van der Waals surface area (Å²) in [7, 11) is 0. The predicted octanol–water partition coefficient (Wildman–Crippen LogP) is 3.16. The lowest BCUT2D eigenvalue weighted by atomic mass is 10.1. The average Bonchev–Trinajstić information content (AvgIpc) is 2.75. The van der Waals surface area contributed by atoms with Gasteiger partial charge in [-0.25, -0.2) is 14.8 Å². The highest BCUT2D eigenvalue weighted by Crippen LogP contribution is 2.24. The number of hydrogen-bond donors (Lipinski definition) is 1. The molecule has 1 N–H and O–H groups in total. The first-order chi connectivity index (χ1) is 8.63. The minimum Gasteiger partial charge on any atom is -0.478 e. The van der Waals surface area contributed by atoms with E-state index in [0.29, 0.717) is 17.9 Å². The number of nitrogens with zero attached hydrogens (tertiary/aromatic N) is 2. The Hall–Kier alpha value is -1.75. The molecule has 2 aromatic rings. The number of hydrogen-bond acceptors (Lipinski definition) is 4.